The molecule has 1 amide bonds. The number of nitrogens with two attached hydrogens (primary N) is 2. The fourth-order valence-corrected chi connectivity index (χ4v) is 4.95. The normalized spacial score (nSPS) is 13.4. The molecule has 2 aromatic carbocycles. The fourth-order valence-electron chi connectivity index (χ4n) is 1.94. The van der Waals surface area contributed by atoms with Crippen LogP contribution in [0.4, 0.5) is 11.4 Å². The van der Waals surface area contributed by atoms with Crippen molar-refractivity contribution in [2.75, 3.05) is 11.5 Å². The molecule has 0 saturated heterocycles. The van der Waals surface area contributed by atoms with E-state index in [4.69, 9.17) is 11.5 Å². The van der Waals surface area contributed by atoms with E-state index in [2.05, 4.69) is 4.36 Å². The topological polar surface area (TPSA) is 156 Å². The van der Waals surface area contributed by atoms with Gasteiger partial charge in [-0.15, -0.1) is 0 Å². The van der Waals surface area contributed by atoms with Crippen molar-refractivity contribution in [2.45, 2.75) is 21.6 Å². The molecule has 25 heavy (non-hydrogen) atoms. The van der Waals surface area contributed by atoms with Crippen LogP contribution in [0.2, 0.25) is 0 Å². The summed E-state index contributed by atoms with van der Waals surface area (Å²) in [5.74, 6) is -0.978. The largest absolute Gasteiger partial charge is 1.00 e. The van der Waals surface area contributed by atoms with E-state index in [1.807, 2.05) is 0 Å². The summed E-state index contributed by atoms with van der Waals surface area (Å²) in [7, 11) is -8.70. The molecule has 1 unspecified atom stereocenters. The number of carbonyl (C=O) groups excluding carboxylic acids is 1. The third-order valence-electron chi connectivity index (χ3n) is 2.97. The van der Waals surface area contributed by atoms with E-state index in [0.717, 1.165) is 19.1 Å². The first-order chi connectivity index (χ1) is 11.0. The maximum absolute atomic E-state index is 12.7. The van der Waals surface area contributed by atoms with Crippen molar-refractivity contribution in [3.63, 3.8) is 0 Å². The molecule has 11 heteroatoms. The number of nitrogens with zero attached hydrogens (tertiary/aromatic N) is 1. The molecule has 0 aliphatic rings. The predicted molar refractivity (Wildman–Crippen MR) is 87.5 cm³/mol. The Morgan fingerprint density at radius 3 is 2.00 bits per heavy atom. The summed E-state index contributed by atoms with van der Waals surface area (Å²) in [6.07, 6.45) is 0. The van der Waals surface area contributed by atoms with Gasteiger partial charge < -0.3 is 16.0 Å². The minimum Gasteiger partial charge on any atom is -0.760 e. The van der Waals surface area contributed by atoms with E-state index in [9.17, 15) is 22.0 Å². The monoisotopic (exact) mass is 391 g/mol. The summed E-state index contributed by atoms with van der Waals surface area (Å²) in [5.41, 5.74) is 11.4. The van der Waals surface area contributed by atoms with Crippen LogP contribution in [-0.4, -0.2) is 23.1 Å². The summed E-state index contributed by atoms with van der Waals surface area (Å²) in [5, 5.41) is 0. The van der Waals surface area contributed by atoms with Crippen LogP contribution in [-0.2, 0) is 24.6 Å². The molecule has 0 aliphatic carbocycles. The number of amides is 1. The average Bonchev–Trinajstić information content (AvgIpc) is 2.46. The quantitative estimate of drug-likeness (QED) is 0.461. The van der Waals surface area contributed by atoms with Crippen molar-refractivity contribution in [3.05, 3.63) is 42.5 Å². The van der Waals surface area contributed by atoms with Crippen molar-refractivity contribution in [1.82, 2.24) is 0 Å². The smallest absolute Gasteiger partial charge is 0.760 e. The van der Waals surface area contributed by atoms with E-state index in [1.165, 1.54) is 30.3 Å². The third-order valence-corrected chi connectivity index (χ3v) is 6.32. The summed E-state index contributed by atoms with van der Waals surface area (Å²) in [6, 6.07) is 8.50. The van der Waals surface area contributed by atoms with Gasteiger partial charge in [0.05, 0.1) is 14.7 Å². The molecule has 4 N–H and O–H groups in total. The van der Waals surface area contributed by atoms with Crippen LogP contribution in [0.5, 0.6) is 0 Å². The van der Waals surface area contributed by atoms with Crippen LogP contribution in [0.3, 0.4) is 0 Å². The van der Waals surface area contributed by atoms with E-state index in [0.29, 0.717) is 5.69 Å². The average molecular weight is 391 g/mol. The summed E-state index contributed by atoms with van der Waals surface area (Å²) >= 11 is 0. The molecular formula is C14H14N3NaO5S2. The zero-order valence-electron chi connectivity index (χ0n) is 13.5. The molecule has 0 aromatic heterocycles. The van der Waals surface area contributed by atoms with Gasteiger partial charge in [0.1, 0.15) is 0 Å². The Morgan fingerprint density at radius 2 is 1.48 bits per heavy atom. The summed E-state index contributed by atoms with van der Waals surface area (Å²) < 4.78 is 52.9. The van der Waals surface area contributed by atoms with Crippen LogP contribution in [0.25, 0.3) is 0 Å². The maximum Gasteiger partial charge on any atom is 1.00 e. The summed E-state index contributed by atoms with van der Waals surface area (Å²) in [4.78, 5) is 9.71. The van der Waals surface area contributed by atoms with Crippen LogP contribution < -0.4 is 41.0 Å². The minimum atomic E-state index is -4.52. The first-order valence-corrected chi connectivity index (χ1v) is 9.45. The Bertz CT molecular complexity index is 1030. The van der Waals surface area contributed by atoms with Crippen molar-refractivity contribution in [2.24, 2.45) is 4.36 Å². The number of hydrogen-bond donors (Lipinski definition) is 2. The fraction of sp³-hybridized carbons (Fsp3) is 0.0714. The standard InChI is InChI=1S/C14H15N3O5S2.Na/c1-9(18)17-24(21,22)14-8-11(16)4-7-13(14)23(19,20)12-5-2-10(15)3-6-12;/h2-8H,15-16H2,1H3,(H,17,18,21,22);/q;+1/p-1. The Kier molecular flexibility index (Phi) is 6.79. The van der Waals surface area contributed by atoms with E-state index in [-0.39, 0.29) is 40.1 Å². The van der Waals surface area contributed by atoms with Gasteiger partial charge in [-0.05, 0) is 42.5 Å². The number of rotatable bonds is 3. The first-order valence-electron chi connectivity index (χ1n) is 6.53. The minimum absolute atomic E-state index is 0. The van der Waals surface area contributed by atoms with Gasteiger partial charge in [0.25, 0.3) is 0 Å². The van der Waals surface area contributed by atoms with Crippen LogP contribution >= 0.6 is 0 Å². The van der Waals surface area contributed by atoms with Crippen molar-refractivity contribution >= 4 is 37.1 Å². The number of nitrogen functional groups attached to an aromatic ring is 2. The third kappa shape index (κ3) is 4.81. The predicted octanol–water partition coefficient (Wildman–Crippen LogP) is -1.81. The van der Waals surface area contributed by atoms with E-state index < -0.39 is 35.5 Å². The number of benzene rings is 2. The van der Waals surface area contributed by atoms with Crippen molar-refractivity contribution in [1.29, 1.82) is 0 Å². The molecule has 0 bridgehead atoms. The molecule has 1 atom stereocenters. The number of sulfone groups is 1. The second-order valence-corrected chi connectivity index (χ2v) is 8.35. The van der Waals surface area contributed by atoms with Crippen molar-refractivity contribution in [3.8, 4) is 0 Å². The Hall–Kier alpha value is -1.43. The molecular weight excluding hydrogens is 377 g/mol. The molecule has 0 spiro atoms. The zero-order chi connectivity index (χ0) is 18.1. The second-order valence-electron chi connectivity index (χ2n) is 4.86. The Labute approximate surface area is 167 Å². The van der Waals surface area contributed by atoms with Gasteiger partial charge in [-0.2, -0.15) is 4.36 Å². The van der Waals surface area contributed by atoms with Gasteiger partial charge in [-0.25, -0.2) is 8.42 Å². The Balaban J connectivity index is 0.00000312. The van der Waals surface area contributed by atoms with Crippen molar-refractivity contribution < 1.29 is 51.5 Å². The molecule has 0 heterocycles. The molecule has 128 valence electrons. The van der Waals surface area contributed by atoms with Gasteiger partial charge in [0.2, 0.25) is 15.7 Å². The number of hydrogen-bond acceptors (Lipinski definition) is 7. The van der Waals surface area contributed by atoms with Gasteiger partial charge >= 0.3 is 29.6 Å². The van der Waals surface area contributed by atoms with E-state index >= 15 is 0 Å². The van der Waals surface area contributed by atoms with Crippen LogP contribution in [0.15, 0.2) is 61.5 Å². The van der Waals surface area contributed by atoms with Gasteiger partial charge in [-0.3, -0.25) is 9.00 Å². The molecule has 2 rings (SSSR count). The SMILES string of the molecule is CC(=O)N=S(=O)([O-])c1cc(N)ccc1S(=O)(=O)c1ccc(N)cc1.[Na+]. The van der Waals surface area contributed by atoms with Gasteiger partial charge in [0, 0.05) is 28.3 Å². The maximum atomic E-state index is 12.7. The number of carbonyl (C=O) groups is 1. The van der Waals surface area contributed by atoms with Crippen LogP contribution in [0.1, 0.15) is 6.92 Å². The molecule has 0 aliphatic heterocycles. The summed E-state index contributed by atoms with van der Waals surface area (Å²) in [6.45, 7) is 0.942. The van der Waals surface area contributed by atoms with Crippen LogP contribution in [0, 0.1) is 0 Å². The molecule has 0 radical (unpaired) electrons. The zero-order valence-corrected chi connectivity index (χ0v) is 17.1. The molecule has 8 nitrogen and oxygen atoms in total. The van der Waals surface area contributed by atoms with Gasteiger partial charge in [-0.1, -0.05) is 0 Å². The Morgan fingerprint density at radius 1 is 0.960 bits per heavy atom. The molecule has 2 aromatic rings. The first kappa shape index (κ1) is 21.6. The van der Waals surface area contributed by atoms with E-state index in [1.54, 1.807) is 0 Å². The number of anilines is 2. The molecule has 0 fully saturated rings. The van der Waals surface area contributed by atoms with Gasteiger partial charge in [0.15, 0.2) is 0 Å². The second kappa shape index (κ2) is 7.85. The molecule has 0 saturated carbocycles.